The molecule has 2 aromatic rings. The Morgan fingerprint density at radius 3 is 2.69 bits per heavy atom. The highest BCUT2D eigenvalue weighted by molar-refractivity contribution is 5.67. The molecular formula is C21H30N6O2. The first kappa shape index (κ1) is 20.8. The molecule has 3 rings (SSSR count). The van der Waals surface area contributed by atoms with Crippen molar-refractivity contribution in [2.75, 3.05) is 43.5 Å². The quantitative estimate of drug-likeness (QED) is 0.768. The average Bonchev–Trinajstić information content (AvgIpc) is 2.73. The minimum atomic E-state index is -0.220. The second-order valence-electron chi connectivity index (χ2n) is 7.29. The van der Waals surface area contributed by atoms with Crippen molar-refractivity contribution in [3.05, 3.63) is 42.0 Å². The Labute approximate surface area is 172 Å². The molecule has 1 N–H and O–H groups in total. The van der Waals surface area contributed by atoms with E-state index >= 15 is 0 Å². The summed E-state index contributed by atoms with van der Waals surface area (Å²) in [6, 6.07) is 6.35. The summed E-state index contributed by atoms with van der Waals surface area (Å²) in [5, 5.41) is 3.52. The number of carbonyl (C=O) groups excluding carboxylic acids is 1. The predicted molar refractivity (Wildman–Crippen MR) is 113 cm³/mol. The molecule has 1 fully saturated rings. The summed E-state index contributed by atoms with van der Waals surface area (Å²) in [5.74, 6) is 2.47. The number of anilines is 2. The fourth-order valence-corrected chi connectivity index (χ4v) is 3.41. The van der Waals surface area contributed by atoms with Gasteiger partial charge in [0.25, 0.3) is 0 Å². The van der Waals surface area contributed by atoms with Crippen molar-refractivity contribution in [2.45, 2.75) is 39.2 Å². The summed E-state index contributed by atoms with van der Waals surface area (Å²) in [7, 11) is 2.05. The number of piperidine rings is 1. The molecular weight excluding hydrogens is 368 g/mol. The van der Waals surface area contributed by atoms with Crippen molar-refractivity contribution in [1.82, 2.24) is 19.9 Å². The van der Waals surface area contributed by atoms with Crippen LogP contribution in [0.3, 0.4) is 0 Å². The van der Waals surface area contributed by atoms with Gasteiger partial charge in [-0.05, 0) is 50.8 Å². The molecule has 0 atom stereocenters. The molecule has 1 amide bonds. The zero-order valence-corrected chi connectivity index (χ0v) is 17.5. The Morgan fingerprint density at radius 2 is 2.00 bits per heavy atom. The van der Waals surface area contributed by atoms with Crippen LogP contribution in [0.1, 0.15) is 31.2 Å². The van der Waals surface area contributed by atoms with Crippen molar-refractivity contribution in [2.24, 2.45) is 0 Å². The second-order valence-corrected chi connectivity index (χ2v) is 7.29. The second kappa shape index (κ2) is 10.0. The molecule has 0 spiro atoms. The number of likely N-dealkylation sites (tertiary alicyclic amines) is 1. The molecule has 0 radical (unpaired) electrons. The Bertz CT molecular complexity index is 793. The predicted octanol–water partition coefficient (Wildman–Crippen LogP) is 2.89. The van der Waals surface area contributed by atoms with Crippen LogP contribution in [0.15, 0.2) is 30.6 Å². The molecule has 29 heavy (non-hydrogen) atoms. The lowest BCUT2D eigenvalue weighted by atomic mass is 10.1. The van der Waals surface area contributed by atoms with Crippen LogP contribution in [0.2, 0.25) is 0 Å². The first-order valence-electron chi connectivity index (χ1n) is 10.2. The molecule has 2 aromatic heterocycles. The van der Waals surface area contributed by atoms with E-state index in [0.29, 0.717) is 19.7 Å². The first-order valence-corrected chi connectivity index (χ1v) is 10.2. The van der Waals surface area contributed by atoms with Crippen molar-refractivity contribution in [1.29, 1.82) is 0 Å². The Balaban J connectivity index is 1.56. The normalized spacial score (nSPS) is 14.5. The third-order valence-electron chi connectivity index (χ3n) is 5.07. The number of hydrogen-bond acceptors (Lipinski definition) is 7. The van der Waals surface area contributed by atoms with Crippen LogP contribution in [0.4, 0.5) is 16.4 Å². The van der Waals surface area contributed by atoms with Gasteiger partial charge in [-0.1, -0.05) is 0 Å². The van der Waals surface area contributed by atoms with Gasteiger partial charge in [-0.3, -0.25) is 4.98 Å². The molecule has 8 heteroatoms. The largest absolute Gasteiger partial charge is 0.450 e. The standard InChI is InChI=1S/C21H30N6O2/c1-4-29-21(28)27-13-8-18(9-14-27)25-19-15-20(24-16(2)23-19)26(3)12-7-17-5-10-22-11-6-17/h5-6,10-11,15,18H,4,7-9,12-14H2,1-3H3,(H,23,24,25). The molecule has 3 heterocycles. The van der Waals surface area contributed by atoms with Crippen LogP contribution in [0.25, 0.3) is 0 Å². The van der Waals surface area contributed by atoms with E-state index in [1.165, 1.54) is 5.56 Å². The lowest BCUT2D eigenvalue weighted by molar-refractivity contribution is 0.0983. The molecule has 1 aliphatic heterocycles. The highest BCUT2D eigenvalue weighted by atomic mass is 16.6. The summed E-state index contributed by atoms with van der Waals surface area (Å²) < 4.78 is 5.08. The van der Waals surface area contributed by atoms with E-state index in [2.05, 4.69) is 25.2 Å². The summed E-state index contributed by atoms with van der Waals surface area (Å²) in [5.41, 5.74) is 1.25. The highest BCUT2D eigenvalue weighted by Gasteiger charge is 2.24. The third-order valence-corrected chi connectivity index (χ3v) is 5.07. The molecule has 0 aliphatic carbocycles. The minimum Gasteiger partial charge on any atom is -0.450 e. The fourth-order valence-electron chi connectivity index (χ4n) is 3.41. The average molecular weight is 399 g/mol. The van der Waals surface area contributed by atoms with Gasteiger partial charge in [0, 0.05) is 51.2 Å². The van der Waals surface area contributed by atoms with E-state index in [1.807, 2.05) is 51.5 Å². The summed E-state index contributed by atoms with van der Waals surface area (Å²) in [4.78, 5) is 29.0. The molecule has 156 valence electrons. The number of hydrogen-bond donors (Lipinski definition) is 1. The van der Waals surface area contributed by atoms with Crippen LogP contribution in [0, 0.1) is 6.92 Å². The van der Waals surface area contributed by atoms with E-state index < -0.39 is 0 Å². The molecule has 0 bridgehead atoms. The minimum absolute atomic E-state index is 0.220. The van der Waals surface area contributed by atoms with E-state index in [9.17, 15) is 4.79 Å². The number of amides is 1. The van der Waals surface area contributed by atoms with E-state index in [1.54, 1.807) is 4.90 Å². The van der Waals surface area contributed by atoms with Crippen molar-refractivity contribution in [3.8, 4) is 0 Å². The van der Waals surface area contributed by atoms with Crippen LogP contribution in [0.5, 0.6) is 0 Å². The van der Waals surface area contributed by atoms with Crippen LogP contribution in [-0.4, -0.2) is 65.3 Å². The maximum atomic E-state index is 11.8. The Hall–Kier alpha value is -2.90. The number of nitrogens with one attached hydrogen (secondary N) is 1. The molecule has 1 saturated heterocycles. The van der Waals surface area contributed by atoms with Crippen molar-refractivity contribution < 1.29 is 9.53 Å². The number of pyridine rings is 1. The summed E-state index contributed by atoms with van der Waals surface area (Å²) in [6.45, 7) is 6.40. The maximum Gasteiger partial charge on any atom is 0.409 e. The van der Waals surface area contributed by atoms with Gasteiger partial charge in [0.05, 0.1) is 6.61 Å². The molecule has 8 nitrogen and oxygen atoms in total. The topological polar surface area (TPSA) is 83.5 Å². The van der Waals surface area contributed by atoms with E-state index in [-0.39, 0.29) is 12.1 Å². The highest BCUT2D eigenvalue weighted by Crippen LogP contribution is 2.20. The number of likely N-dealkylation sites (N-methyl/N-ethyl adjacent to an activating group) is 1. The number of aryl methyl sites for hydroxylation is 1. The van der Waals surface area contributed by atoms with Crippen LogP contribution in [-0.2, 0) is 11.2 Å². The van der Waals surface area contributed by atoms with Gasteiger partial charge >= 0.3 is 6.09 Å². The number of nitrogens with zero attached hydrogens (tertiary/aromatic N) is 5. The molecule has 1 aliphatic rings. The third kappa shape index (κ3) is 6.04. The lowest BCUT2D eigenvalue weighted by Crippen LogP contribution is -2.42. The van der Waals surface area contributed by atoms with Gasteiger partial charge in [0.15, 0.2) is 0 Å². The Kier molecular flexibility index (Phi) is 7.21. The summed E-state index contributed by atoms with van der Waals surface area (Å²) in [6.07, 6.45) is 6.09. The van der Waals surface area contributed by atoms with Gasteiger partial charge in [-0.2, -0.15) is 0 Å². The van der Waals surface area contributed by atoms with Gasteiger partial charge in [-0.25, -0.2) is 14.8 Å². The Morgan fingerprint density at radius 1 is 1.28 bits per heavy atom. The monoisotopic (exact) mass is 398 g/mol. The van der Waals surface area contributed by atoms with Crippen molar-refractivity contribution in [3.63, 3.8) is 0 Å². The van der Waals surface area contributed by atoms with Gasteiger partial charge in [0.2, 0.25) is 0 Å². The number of carbonyl (C=O) groups is 1. The zero-order chi connectivity index (χ0) is 20.6. The lowest BCUT2D eigenvalue weighted by Gasteiger charge is -2.32. The van der Waals surface area contributed by atoms with Gasteiger partial charge in [0.1, 0.15) is 17.5 Å². The van der Waals surface area contributed by atoms with Gasteiger partial charge < -0.3 is 19.9 Å². The maximum absolute atomic E-state index is 11.8. The summed E-state index contributed by atoms with van der Waals surface area (Å²) >= 11 is 0. The van der Waals surface area contributed by atoms with Crippen LogP contribution < -0.4 is 10.2 Å². The number of ether oxygens (including phenoxy) is 1. The number of rotatable bonds is 7. The molecule has 0 aromatic carbocycles. The number of aromatic nitrogens is 3. The smallest absolute Gasteiger partial charge is 0.409 e. The molecule has 0 unspecified atom stereocenters. The first-order chi connectivity index (χ1) is 14.0. The molecule has 0 saturated carbocycles. The van der Waals surface area contributed by atoms with Crippen LogP contribution >= 0.6 is 0 Å². The fraction of sp³-hybridized carbons (Fsp3) is 0.524. The van der Waals surface area contributed by atoms with Gasteiger partial charge in [-0.15, -0.1) is 0 Å². The van der Waals surface area contributed by atoms with E-state index in [4.69, 9.17) is 4.74 Å². The SMILES string of the molecule is CCOC(=O)N1CCC(Nc2cc(N(C)CCc3ccncc3)nc(C)n2)CC1. The zero-order valence-electron chi connectivity index (χ0n) is 17.5. The van der Waals surface area contributed by atoms with E-state index in [0.717, 1.165) is 43.3 Å². The van der Waals surface area contributed by atoms with Crippen molar-refractivity contribution >= 4 is 17.7 Å².